The Kier molecular flexibility index (Phi) is 3.13. The minimum atomic E-state index is -1.16. The van der Waals surface area contributed by atoms with E-state index in [4.69, 9.17) is 4.74 Å². The van der Waals surface area contributed by atoms with Crippen molar-refractivity contribution in [3.63, 3.8) is 0 Å². The van der Waals surface area contributed by atoms with Gasteiger partial charge in [0.15, 0.2) is 5.41 Å². The molecule has 17 heavy (non-hydrogen) atoms. The summed E-state index contributed by atoms with van der Waals surface area (Å²) in [7, 11) is 0. The lowest BCUT2D eigenvalue weighted by Gasteiger charge is -2.24. The van der Waals surface area contributed by atoms with E-state index in [0.29, 0.717) is 18.5 Å². The van der Waals surface area contributed by atoms with Gasteiger partial charge in [-0.15, -0.1) is 0 Å². The van der Waals surface area contributed by atoms with Crippen LogP contribution in [-0.2, 0) is 19.7 Å². The molecule has 1 aliphatic heterocycles. The molecule has 0 spiro atoms. The van der Waals surface area contributed by atoms with Crippen LogP contribution in [0.15, 0.2) is 30.3 Å². The molecule has 1 heterocycles. The summed E-state index contributed by atoms with van der Waals surface area (Å²) in [4.78, 5) is 24.1. The van der Waals surface area contributed by atoms with Crippen molar-refractivity contribution >= 4 is 11.9 Å². The zero-order valence-corrected chi connectivity index (χ0v) is 9.73. The fourth-order valence-electron chi connectivity index (χ4n) is 2.19. The van der Waals surface area contributed by atoms with Crippen molar-refractivity contribution in [2.24, 2.45) is 0 Å². The molecule has 4 nitrogen and oxygen atoms in total. The number of carbonyl (C=O) groups is 2. The van der Waals surface area contributed by atoms with Crippen LogP contribution in [0.1, 0.15) is 18.9 Å². The van der Waals surface area contributed by atoms with Gasteiger partial charge in [0, 0.05) is 6.54 Å². The molecule has 1 unspecified atom stereocenters. The molecule has 0 aliphatic carbocycles. The van der Waals surface area contributed by atoms with Gasteiger partial charge < -0.3 is 10.1 Å². The van der Waals surface area contributed by atoms with Crippen molar-refractivity contribution < 1.29 is 14.3 Å². The lowest BCUT2D eigenvalue weighted by atomic mass is 9.79. The molecule has 0 aromatic heterocycles. The summed E-state index contributed by atoms with van der Waals surface area (Å²) in [5.41, 5.74) is -0.453. The van der Waals surface area contributed by atoms with E-state index < -0.39 is 11.4 Å². The number of ether oxygens (including phenoxy) is 1. The number of nitrogens with one attached hydrogen (secondary N) is 1. The minimum Gasteiger partial charge on any atom is -0.465 e. The average Bonchev–Trinajstić information content (AvgIpc) is 2.73. The second-order valence-corrected chi connectivity index (χ2v) is 4.00. The second-order valence-electron chi connectivity index (χ2n) is 4.00. The molecule has 90 valence electrons. The first-order valence-corrected chi connectivity index (χ1v) is 5.73. The standard InChI is InChI=1S/C13H15NO3/c1-2-17-12(16)13(8-9-14-11(13)15)10-6-4-3-5-7-10/h3-7H,2,8-9H2,1H3,(H,14,15). The van der Waals surface area contributed by atoms with Crippen LogP contribution in [0.25, 0.3) is 0 Å². The quantitative estimate of drug-likeness (QED) is 0.626. The van der Waals surface area contributed by atoms with Crippen molar-refractivity contribution in [1.82, 2.24) is 5.32 Å². The van der Waals surface area contributed by atoms with Crippen LogP contribution in [0.3, 0.4) is 0 Å². The molecule has 1 fully saturated rings. The summed E-state index contributed by atoms with van der Waals surface area (Å²) in [5.74, 6) is -0.719. The number of benzene rings is 1. The smallest absolute Gasteiger partial charge is 0.326 e. The highest BCUT2D eigenvalue weighted by Crippen LogP contribution is 2.33. The van der Waals surface area contributed by atoms with Crippen molar-refractivity contribution in [1.29, 1.82) is 0 Å². The number of carbonyl (C=O) groups excluding carboxylic acids is 2. The number of rotatable bonds is 3. The summed E-state index contributed by atoms with van der Waals surface area (Å²) >= 11 is 0. The number of hydrogen-bond acceptors (Lipinski definition) is 3. The molecule has 4 heteroatoms. The summed E-state index contributed by atoms with van der Waals surface area (Å²) in [6, 6.07) is 9.09. The molecule has 0 bridgehead atoms. The Bertz CT molecular complexity index is 430. The highest BCUT2D eigenvalue weighted by atomic mass is 16.5. The van der Waals surface area contributed by atoms with Gasteiger partial charge in [-0.3, -0.25) is 9.59 Å². The van der Waals surface area contributed by atoms with Crippen LogP contribution in [-0.4, -0.2) is 25.0 Å². The Morgan fingerprint density at radius 1 is 1.41 bits per heavy atom. The Labute approximate surface area is 100.0 Å². The van der Waals surface area contributed by atoms with Gasteiger partial charge in [-0.25, -0.2) is 0 Å². The zero-order chi connectivity index (χ0) is 12.3. The van der Waals surface area contributed by atoms with Crippen molar-refractivity contribution in [2.75, 3.05) is 13.2 Å². The van der Waals surface area contributed by atoms with Gasteiger partial charge >= 0.3 is 5.97 Å². The van der Waals surface area contributed by atoms with Crippen molar-refractivity contribution in [2.45, 2.75) is 18.8 Å². The molecule has 1 aromatic rings. The van der Waals surface area contributed by atoms with Gasteiger partial charge in [0.25, 0.3) is 0 Å². The SMILES string of the molecule is CCOC(=O)C1(c2ccccc2)CCNC1=O. The van der Waals surface area contributed by atoms with E-state index in [1.54, 1.807) is 19.1 Å². The van der Waals surface area contributed by atoms with E-state index in [1.807, 2.05) is 18.2 Å². The maximum atomic E-state index is 12.1. The largest absolute Gasteiger partial charge is 0.465 e. The first-order valence-electron chi connectivity index (χ1n) is 5.73. The number of hydrogen-bond donors (Lipinski definition) is 1. The first-order chi connectivity index (χ1) is 8.21. The summed E-state index contributed by atoms with van der Waals surface area (Å²) in [5, 5.41) is 2.71. The molecule has 1 amide bonds. The molecule has 1 N–H and O–H groups in total. The molecule has 0 radical (unpaired) electrons. The molecule has 1 aromatic carbocycles. The van der Waals surface area contributed by atoms with Crippen LogP contribution in [0, 0.1) is 0 Å². The molecule has 2 rings (SSSR count). The van der Waals surface area contributed by atoms with Crippen LogP contribution < -0.4 is 5.32 Å². The topological polar surface area (TPSA) is 55.4 Å². The Morgan fingerprint density at radius 2 is 2.12 bits per heavy atom. The monoisotopic (exact) mass is 233 g/mol. The average molecular weight is 233 g/mol. The Morgan fingerprint density at radius 3 is 2.65 bits per heavy atom. The third kappa shape index (κ3) is 1.79. The fourth-order valence-corrected chi connectivity index (χ4v) is 2.19. The third-order valence-corrected chi connectivity index (χ3v) is 3.06. The van der Waals surface area contributed by atoms with Gasteiger partial charge in [-0.1, -0.05) is 30.3 Å². The summed E-state index contributed by atoms with van der Waals surface area (Å²) in [6.45, 7) is 2.52. The minimum absolute atomic E-state index is 0.262. The Balaban J connectivity index is 2.45. The molecular formula is C13H15NO3. The lowest BCUT2D eigenvalue weighted by Crippen LogP contribution is -2.44. The van der Waals surface area contributed by atoms with Crippen molar-refractivity contribution in [3.05, 3.63) is 35.9 Å². The van der Waals surface area contributed by atoms with E-state index in [2.05, 4.69) is 5.32 Å². The molecule has 1 aliphatic rings. The molecule has 1 saturated heterocycles. The molecule has 0 saturated carbocycles. The van der Waals surface area contributed by atoms with Crippen molar-refractivity contribution in [3.8, 4) is 0 Å². The number of amides is 1. The molecule has 1 atom stereocenters. The van der Waals surface area contributed by atoms with Gasteiger partial charge in [-0.05, 0) is 18.9 Å². The van der Waals surface area contributed by atoms with Gasteiger partial charge in [0.2, 0.25) is 5.91 Å². The summed E-state index contributed by atoms with van der Waals surface area (Å²) < 4.78 is 5.05. The van der Waals surface area contributed by atoms with E-state index in [1.165, 1.54) is 0 Å². The van der Waals surface area contributed by atoms with Gasteiger partial charge in [0.1, 0.15) is 0 Å². The maximum absolute atomic E-state index is 12.1. The maximum Gasteiger partial charge on any atom is 0.326 e. The van der Waals surface area contributed by atoms with Gasteiger partial charge in [0.05, 0.1) is 6.61 Å². The van der Waals surface area contributed by atoms with E-state index in [0.717, 1.165) is 0 Å². The predicted molar refractivity (Wildman–Crippen MR) is 62.4 cm³/mol. The molecular weight excluding hydrogens is 218 g/mol. The zero-order valence-electron chi connectivity index (χ0n) is 9.73. The van der Waals surface area contributed by atoms with E-state index >= 15 is 0 Å². The highest BCUT2D eigenvalue weighted by Gasteiger charge is 2.51. The first kappa shape index (κ1) is 11.6. The normalized spacial score (nSPS) is 23.2. The number of esters is 1. The van der Waals surface area contributed by atoms with Gasteiger partial charge in [-0.2, -0.15) is 0 Å². The second kappa shape index (κ2) is 4.57. The van der Waals surface area contributed by atoms with Crippen LogP contribution in [0.4, 0.5) is 0 Å². The van der Waals surface area contributed by atoms with Crippen LogP contribution in [0.2, 0.25) is 0 Å². The fraction of sp³-hybridized carbons (Fsp3) is 0.385. The summed E-state index contributed by atoms with van der Waals surface area (Å²) in [6.07, 6.45) is 0.453. The highest BCUT2D eigenvalue weighted by molar-refractivity contribution is 6.10. The van der Waals surface area contributed by atoms with E-state index in [-0.39, 0.29) is 12.5 Å². The Hall–Kier alpha value is -1.84. The predicted octanol–water partition coefficient (Wildman–Crippen LogP) is 1.01. The van der Waals surface area contributed by atoms with Crippen LogP contribution >= 0.6 is 0 Å². The lowest BCUT2D eigenvalue weighted by molar-refractivity contribution is -0.153. The van der Waals surface area contributed by atoms with Crippen LogP contribution in [0.5, 0.6) is 0 Å². The third-order valence-electron chi connectivity index (χ3n) is 3.06. The van der Waals surface area contributed by atoms with E-state index in [9.17, 15) is 9.59 Å².